The van der Waals surface area contributed by atoms with Crippen LogP contribution in [0.25, 0.3) is 0 Å². The topological polar surface area (TPSA) is 74.6 Å². The lowest BCUT2D eigenvalue weighted by Gasteiger charge is -2.76. The molecule has 17 heavy (non-hydrogen) atoms. The van der Waals surface area contributed by atoms with E-state index in [2.05, 4.69) is 0 Å². The van der Waals surface area contributed by atoms with Crippen molar-refractivity contribution >= 4 is 11.9 Å². The van der Waals surface area contributed by atoms with Crippen LogP contribution in [0.2, 0.25) is 0 Å². The Balaban J connectivity index is 2.76. The molecule has 0 aromatic carbocycles. The van der Waals surface area contributed by atoms with Gasteiger partial charge in [-0.3, -0.25) is 9.59 Å². The average molecular weight is 264 g/mol. The zero-order valence-corrected chi connectivity index (χ0v) is 7.48. The molecule has 2 bridgehead atoms. The molecule has 3 rings (SSSR count). The molecule has 3 fully saturated rings. The molecule has 0 radical (unpaired) electrons. The summed E-state index contributed by atoms with van der Waals surface area (Å²) in [6.45, 7) is 0. The van der Waals surface area contributed by atoms with Crippen LogP contribution in [0.1, 0.15) is 0 Å². The second kappa shape index (κ2) is 2.23. The smallest absolute Gasteiger partial charge is 0.328 e. The first-order valence-electron chi connectivity index (χ1n) is 3.99. The van der Waals surface area contributed by atoms with Crippen LogP contribution in [-0.4, -0.2) is 39.9 Å². The van der Waals surface area contributed by atoms with E-state index in [-0.39, 0.29) is 0 Å². The number of hydrogen-bond acceptors (Lipinski definition) is 2. The van der Waals surface area contributed by atoms with Crippen molar-refractivity contribution in [3.05, 3.63) is 0 Å². The van der Waals surface area contributed by atoms with E-state index in [0.29, 0.717) is 0 Å². The highest BCUT2D eigenvalue weighted by molar-refractivity contribution is 5.99. The molecule has 3 aliphatic carbocycles. The fourth-order valence-corrected chi connectivity index (χ4v) is 2.65. The summed E-state index contributed by atoms with van der Waals surface area (Å²) in [7, 11) is 0. The van der Waals surface area contributed by atoms with E-state index >= 15 is 0 Å². The molecule has 0 amide bonds. The summed E-state index contributed by atoms with van der Waals surface area (Å²) >= 11 is 0. The van der Waals surface area contributed by atoms with Crippen molar-refractivity contribution in [2.45, 2.75) is 17.8 Å². The van der Waals surface area contributed by atoms with Gasteiger partial charge in [0.2, 0.25) is 0 Å². The Kier molecular flexibility index (Phi) is 1.57. The van der Waals surface area contributed by atoms with Crippen molar-refractivity contribution in [1.29, 1.82) is 0 Å². The lowest BCUT2D eigenvalue weighted by molar-refractivity contribution is -0.594. The van der Waals surface area contributed by atoms with Crippen molar-refractivity contribution in [2.75, 3.05) is 0 Å². The first-order chi connectivity index (χ1) is 7.39. The largest absolute Gasteiger partial charge is 0.480 e. The van der Waals surface area contributed by atoms with Gasteiger partial charge in [0.1, 0.15) is 0 Å². The number of carboxylic acid groups (broad SMARTS) is 2. The van der Waals surface area contributed by atoms with Crippen molar-refractivity contribution in [1.82, 2.24) is 0 Å². The molecule has 0 atom stereocenters. The molecule has 0 spiro atoms. The fraction of sp³-hybridized carbons (Fsp3) is 0.714. The summed E-state index contributed by atoms with van der Waals surface area (Å²) in [4.78, 5) is 20.6. The zero-order valence-electron chi connectivity index (χ0n) is 7.48. The summed E-state index contributed by atoms with van der Waals surface area (Å²) in [5.74, 6) is -21.9. The Morgan fingerprint density at radius 1 is 0.647 bits per heavy atom. The van der Waals surface area contributed by atoms with E-state index in [4.69, 9.17) is 10.2 Å². The third kappa shape index (κ3) is 0.547. The van der Waals surface area contributed by atoms with Gasteiger partial charge in [0.15, 0.2) is 0 Å². The lowest BCUT2D eigenvalue weighted by Crippen LogP contribution is -3.06. The Morgan fingerprint density at radius 2 is 0.824 bits per heavy atom. The summed E-state index contributed by atoms with van der Waals surface area (Å²) in [5.41, 5.74) is -9.93. The van der Waals surface area contributed by atoms with Gasteiger partial charge in [-0.05, 0) is 0 Å². The molecule has 0 heterocycles. The van der Waals surface area contributed by atoms with Crippen molar-refractivity contribution < 1.29 is 46.1 Å². The van der Waals surface area contributed by atoms with Crippen LogP contribution in [0.15, 0.2) is 0 Å². The molecule has 0 aromatic rings. The molecule has 10 heteroatoms. The fourth-order valence-electron chi connectivity index (χ4n) is 2.65. The highest BCUT2D eigenvalue weighted by Gasteiger charge is 3.23. The molecule has 0 aromatic heterocycles. The van der Waals surface area contributed by atoms with Crippen LogP contribution < -0.4 is 0 Å². The minimum atomic E-state index is -5.22. The maximum absolute atomic E-state index is 13.1. The molecular formula is C7H2F6O4. The van der Waals surface area contributed by atoms with Crippen molar-refractivity contribution in [3.63, 3.8) is 0 Å². The predicted molar refractivity (Wildman–Crippen MR) is 35.0 cm³/mol. The van der Waals surface area contributed by atoms with E-state index < -0.39 is 40.5 Å². The third-order valence-electron chi connectivity index (χ3n) is 3.47. The SMILES string of the molecule is O=C(O)C12C(F)(F)C(C(=O)O)(C1(F)F)C2(F)F. The van der Waals surface area contributed by atoms with E-state index in [1.54, 1.807) is 0 Å². The van der Waals surface area contributed by atoms with Crippen molar-refractivity contribution in [3.8, 4) is 0 Å². The minimum absolute atomic E-state index is 3.12. The second-order valence-electron chi connectivity index (χ2n) is 3.83. The summed E-state index contributed by atoms with van der Waals surface area (Å²) in [5, 5.41) is 16.4. The minimum Gasteiger partial charge on any atom is -0.480 e. The van der Waals surface area contributed by atoms with E-state index in [1.165, 1.54) is 0 Å². The van der Waals surface area contributed by atoms with E-state index in [0.717, 1.165) is 0 Å². The van der Waals surface area contributed by atoms with Crippen LogP contribution in [0, 0.1) is 10.8 Å². The average Bonchev–Trinajstić information content (AvgIpc) is 1.96. The quantitative estimate of drug-likeness (QED) is 0.731. The van der Waals surface area contributed by atoms with Crippen molar-refractivity contribution in [2.24, 2.45) is 10.8 Å². The molecular weight excluding hydrogens is 262 g/mol. The van der Waals surface area contributed by atoms with E-state index in [1.807, 2.05) is 0 Å². The first kappa shape index (κ1) is 12.0. The van der Waals surface area contributed by atoms with Crippen LogP contribution in [-0.2, 0) is 9.59 Å². The van der Waals surface area contributed by atoms with Gasteiger partial charge in [-0.15, -0.1) is 0 Å². The monoisotopic (exact) mass is 264 g/mol. The van der Waals surface area contributed by atoms with E-state index in [9.17, 15) is 35.9 Å². The summed E-state index contributed by atoms with van der Waals surface area (Å²) in [6.07, 6.45) is 0. The number of carboxylic acids is 2. The Bertz CT molecular complexity index is 376. The molecule has 0 aliphatic heterocycles. The summed E-state index contributed by atoms with van der Waals surface area (Å²) < 4.78 is 78.4. The van der Waals surface area contributed by atoms with Gasteiger partial charge >= 0.3 is 29.7 Å². The van der Waals surface area contributed by atoms with Gasteiger partial charge in [-0.1, -0.05) is 0 Å². The van der Waals surface area contributed by atoms with Gasteiger partial charge in [0.25, 0.3) is 10.8 Å². The van der Waals surface area contributed by atoms with Gasteiger partial charge < -0.3 is 10.2 Å². The van der Waals surface area contributed by atoms with Crippen LogP contribution in [0.3, 0.4) is 0 Å². The molecule has 4 nitrogen and oxygen atoms in total. The number of carbonyl (C=O) groups is 2. The Morgan fingerprint density at radius 3 is 0.941 bits per heavy atom. The van der Waals surface area contributed by atoms with Gasteiger partial charge in [-0.2, -0.15) is 0 Å². The second-order valence-corrected chi connectivity index (χ2v) is 3.83. The molecule has 96 valence electrons. The molecule has 3 aliphatic rings. The van der Waals surface area contributed by atoms with Crippen LogP contribution >= 0.6 is 0 Å². The lowest BCUT2D eigenvalue weighted by atomic mass is 9.26. The van der Waals surface area contributed by atoms with Gasteiger partial charge in [0.05, 0.1) is 0 Å². The zero-order chi connectivity index (χ0) is 13.7. The summed E-state index contributed by atoms with van der Waals surface area (Å²) in [6, 6.07) is 0. The highest BCUT2D eigenvalue weighted by atomic mass is 19.3. The number of rotatable bonds is 2. The third-order valence-corrected chi connectivity index (χ3v) is 3.47. The normalized spacial score (nSPS) is 43.2. The Labute approximate surface area is 87.8 Å². The molecule has 3 saturated carbocycles. The molecule has 2 N–H and O–H groups in total. The molecule has 0 saturated heterocycles. The highest BCUT2D eigenvalue weighted by Crippen LogP contribution is 2.94. The number of halogens is 6. The van der Waals surface area contributed by atoms with Gasteiger partial charge in [0, 0.05) is 0 Å². The predicted octanol–water partition coefficient (Wildman–Crippen LogP) is 1.06. The maximum Gasteiger partial charge on any atom is 0.328 e. The molecule has 0 unspecified atom stereocenters. The first-order valence-corrected chi connectivity index (χ1v) is 3.99. The number of aliphatic carboxylic acids is 2. The Hall–Kier alpha value is -1.48. The number of hydrogen-bond donors (Lipinski definition) is 2. The van der Waals surface area contributed by atoms with Crippen LogP contribution in [0.4, 0.5) is 26.3 Å². The van der Waals surface area contributed by atoms with Gasteiger partial charge in [-0.25, -0.2) is 26.3 Å². The number of alkyl halides is 6. The maximum atomic E-state index is 13.1. The van der Waals surface area contributed by atoms with Crippen LogP contribution in [0.5, 0.6) is 0 Å². The standard InChI is InChI=1S/C7H2F6O4/c8-5(9)3(1(14)15)6(10,11)4(5,2(16)17)7(3,12)13/h(H,14,15)(H,16,17).